The van der Waals surface area contributed by atoms with E-state index in [1.54, 1.807) is 19.0 Å². The van der Waals surface area contributed by atoms with E-state index in [1.165, 1.54) is 6.92 Å². The summed E-state index contributed by atoms with van der Waals surface area (Å²) in [6, 6.07) is 0. The molecule has 0 aliphatic heterocycles. The molecule has 78 valence electrons. The fourth-order valence-electron chi connectivity index (χ4n) is 0.949. The van der Waals surface area contributed by atoms with Crippen LogP contribution in [0.1, 0.15) is 11.3 Å². The van der Waals surface area contributed by atoms with E-state index < -0.39 is 11.7 Å². The Kier molecular flexibility index (Phi) is 2.64. The summed E-state index contributed by atoms with van der Waals surface area (Å²) in [5.41, 5.74) is -0.848. The molecule has 0 bridgehead atoms. The molecule has 1 heterocycles. The number of anilines is 1. The van der Waals surface area contributed by atoms with E-state index in [0.717, 1.165) is 6.20 Å². The Morgan fingerprint density at radius 3 is 2.21 bits per heavy atom. The van der Waals surface area contributed by atoms with Gasteiger partial charge in [-0.1, -0.05) is 0 Å². The predicted molar refractivity (Wildman–Crippen MR) is 46.1 cm³/mol. The maximum atomic E-state index is 12.3. The van der Waals surface area contributed by atoms with Gasteiger partial charge in [0.2, 0.25) is 5.95 Å². The van der Waals surface area contributed by atoms with E-state index in [9.17, 15) is 13.2 Å². The van der Waals surface area contributed by atoms with Crippen molar-refractivity contribution in [1.82, 2.24) is 9.97 Å². The van der Waals surface area contributed by atoms with Gasteiger partial charge in [0.15, 0.2) is 0 Å². The average Bonchev–Trinajstić information content (AvgIpc) is 2.01. The Morgan fingerprint density at radius 2 is 1.86 bits per heavy atom. The lowest BCUT2D eigenvalue weighted by atomic mass is 10.2. The SMILES string of the molecule is Cc1nc(N(C)C)ncc1C(F)(F)F. The molecule has 0 saturated carbocycles. The monoisotopic (exact) mass is 205 g/mol. The number of nitrogens with zero attached hydrogens (tertiary/aromatic N) is 3. The maximum absolute atomic E-state index is 12.3. The minimum Gasteiger partial charge on any atom is -0.347 e. The lowest BCUT2D eigenvalue weighted by molar-refractivity contribution is -0.138. The van der Waals surface area contributed by atoms with Crippen LogP contribution in [0.4, 0.5) is 19.1 Å². The van der Waals surface area contributed by atoms with Crippen LogP contribution in [0.15, 0.2) is 6.20 Å². The number of halogens is 3. The van der Waals surface area contributed by atoms with Crippen molar-refractivity contribution >= 4 is 5.95 Å². The van der Waals surface area contributed by atoms with E-state index in [-0.39, 0.29) is 11.6 Å². The number of aryl methyl sites for hydroxylation is 1. The van der Waals surface area contributed by atoms with Gasteiger partial charge in [-0.25, -0.2) is 9.97 Å². The summed E-state index contributed by atoms with van der Waals surface area (Å²) >= 11 is 0. The van der Waals surface area contributed by atoms with Crippen molar-refractivity contribution < 1.29 is 13.2 Å². The number of hydrogen-bond acceptors (Lipinski definition) is 3. The molecule has 0 saturated heterocycles. The zero-order valence-corrected chi connectivity index (χ0v) is 8.05. The molecule has 0 unspecified atom stereocenters. The number of hydrogen-bond donors (Lipinski definition) is 0. The minimum atomic E-state index is -4.38. The van der Waals surface area contributed by atoms with E-state index in [1.807, 2.05) is 0 Å². The zero-order valence-electron chi connectivity index (χ0n) is 8.05. The van der Waals surface area contributed by atoms with Gasteiger partial charge < -0.3 is 4.90 Å². The van der Waals surface area contributed by atoms with Crippen LogP contribution >= 0.6 is 0 Å². The van der Waals surface area contributed by atoms with Gasteiger partial charge in [0.1, 0.15) is 0 Å². The highest BCUT2D eigenvalue weighted by Crippen LogP contribution is 2.30. The Balaban J connectivity index is 3.15. The fourth-order valence-corrected chi connectivity index (χ4v) is 0.949. The molecule has 6 heteroatoms. The maximum Gasteiger partial charge on any atom is 0.419 e. The quantitative estimate of drug-likeness (QED) is 0.700. The molecule has 1 aromatic rings. The van der Waals surface area contributed by atoms with Crippen LogP contribution < -0.4 is 4.90 Å². The van der Waals surface area contributed by atoms with Crippen molar-refractivity contribution in [2.45, 2.75) is 13.1 Å². The van der Waals surface area contributed by atoms with Gasteiger partial charge in [0, 0.05) is 20.3 Å². The molecule has 0 amide bonds. The van der Waals surface area contributed by atoms with Crippen LogP contribution in [-0.2, 0) is 6.18 Å². The first-order valence-corrected chi connectivity index (χ1v) is 3.90. The van der Waals surface area contributed by atoms with E-state index in [4.69, 9.17) is 0 Å². The first kappa shape index (κ1) is 10.7. The number of rotatable bonds is 1. The first-order chi connectivity index (χ1) is 6.32. The molecule has 0 aliphatic carbocycles. The molecule has 0 fully saturated rings. The summed E-state index contributed by atoms with van der Waals surface area (Å²) in [6.45, 7) is 1.32. The second kappa shape index (κ2) is 3.43. The predicted octanol–water partition coefficient (Wildman–Crippen LogP) is 1.87. The van der Waals surface area contributed by atoms with E-state index in [2.05, 4.69) is 9.97 Å². The van der Waals surface area contributed by atoms with Crippen LogP contribution in [0, 0.1) is 6.92 Å². The summed E-state index contributed by atoms with van der Waals surface area (Å²) in [5, 5.41) is 0. The van der Waals surface area contributed by atoms with Crippen molar-refractivity contribution in [3.63, 3.8) is 0 Å². The van der Waals surface area contributed by atoms with Gasteiger partial charge in [-0.2, -0.15) is 13.2 Å². The molecule has 0 aliphatic rings. The third kappa shape index (κ3) is 2.12. The molecule has 0 aromatic carbocycles. The molecule has 0 atom stereocenters. The second-order valence-corrected chi connectivity index (χ2v) is 3.06. The Labute approximate surface area is 79.6 Å². The van der Waals surface area contributed by atoms with Gasteiger partial charge in [0.25, 0.3) is 0 Å². The fraction of sp³-hybridized carbons (Fsp3) is 0.500. The molecular weight excluding hydrogens is 195 g/mol. The van der Waals surface area contributed by atoms with E-state index >= 15 is 0 Å². The largest absolute Gasteiger partial charge is 0.419 e. The summed E-state index contributed by atoms with van der Waals surface area (Å²) in [5.74, 6) is 0.274. The lowest BCUT2D eigenvalue weighted by Crippen LogP contribution is -2.16. The highest BCUT2D eigenvalue weighted by Gasteiger charge is 2.33. The molecular formula is C8H10F3N3. The highest BCUT2D eigenvalue weighted by molar-refractivity contribution is 5.31. The molecule has 1 aromatic heterocycles. The standard InChI is InChI=1S/C8H10F3N3/c1-5-6(8(9,10)11)4-12-7(13-5)14(2)3/h4H,1-3H3. The molecule has 0 N–H and O–H groups in total. The summed E-state index contributed by atoms with van der Waals surface area (Å²) in [4.78, 5) is 8.88. The molecule has 0 radical (unpaired) electrons. The molecule has 0 spiro atoms. The van der Waals surface area contributed by atoms with Gasteiger partial charge >= 0.3 is 6.18 Å². The summed E-state index contributed by atoms with van der Waals surface area (Å²) in [6.07, 6.45) is -3.58. The van der Waals surface area contributed by atoms with Crippen LogP contribution in [0.25, 0.3) is 0 Å². The van der Waals surface area contributed by atoms with Crippen molar-refractivity contribution in [2.24, 2.45) is 0 Å². The zero-order chi connectivity index (χ0) is 10.9. The normalized spacial score (nSPS) is 11.6. The topological polar surface area (TPSA) is 29.0 Å². The summed E-state index contributed by atoms with van der Waals surface area (Å²) < 4.78 is 36.9. The van der Waals surface area contributed by atoms with Crippen LogP contribution in [0.3, 0.4) is 0 Å². The molecule has 1 rings (SSSR count). The third-order valence-corrected chi connectivity index (χ3v) is 1.67. The van der Waals surface area contributed by atoms with Gasteiger partial charge in [0.05, 0.1) is 11.3 Å². The highest BCUT2D eigenvalue weighted by atomic mass is 19.4. The average molecular weight is 205 g/mol. The Morgan fingerprint density at radius 1 is 1.29 bits per heavy atom. The van der Waals surface area contributed by atoms with Crippen molar-refractivity contribution in [1.29, 1.82) is 0 Å². The Bertz CT molecular complexity index is 333. The minimum absolute atomic E-state index is 0.0591. The smallest absolute Gasteiger partial charge is 0.347 e. The third-order valence-electron chi connectivity index (χ3n) is 1.67. The van der Waals surface area contributed by atoms with Gasteiger partial charge in [-0.15, -0.1) is 0 Å². The Hall–Kier alpha value is -1.33. The van der Waals surface area contributed by atoms with Crippen LogP contribution in [-0.4, -0.2) is 24.1 Å². The lowest BCUT2D eigenvalue weighted by Gasteiger charge is -2.13. The molecule has 14 heavy (non-hydrogen) atoms. The van der Waals surface area contributed by atoms with E-state index in [0.29, 0.717) is 0 Å². The van der Waals surface area contributed by atoms with Crippen molar-refractivity contribution in [3.05, 3.63) is 17.5 Å². The second-order valence-electron chi connectivity index (χ2n) is 3.06. The first-order valence-electron chi connectivity index (χ1n) is 3.90. The number of aromatic nitrogens is 2. The van der Waals surface area contributed by atoms with Crippen LogP contribution in [0.2, 0.25) is 0 Å². The van der Waals surface area contributed by atoms with Crippen LogP contribution in [0.5, 0.6) is 0 Å². The van der Waals surface area contributed by atoms with Gasteiger partial charge in [-0.3, -0.25) is 0 Å². The molecule has 3 nitrogen and oxygen atoms in total. The van der Waals surface area contributed by atoms with Crippen molar-refractivity contribution in [2.75, 3.05) is 19.0 Å². The van der Waals surface area contributed by atoms with Gasteiger partial charge in [-0.05, 0) is 6.92 Å². The van der Waals surface area contributed by atoms with Crippen molar-refractivity contribution in [3.8, 4) is 0 Å². The number of alkyl halides is 3. The summed E-state index contributed by atoms with van der Waals surface area (Å²) in [7, 11) is 3.34.